The molecule has 4 heteroatoms. The van der Waals surface area contributed by atoms with E-state index in [0.717, 1.165) is 22.0 Å². The second-order valence-corrected chi connectivity index (χ2v) is 5.13. The molecule has 21 heavy (non-hydrogen) atoms. The number of allylic oxidation sites excluding steroid dienone is 4. The van der Waals surface area contributed by atoms with Crippen molar-refractivity contribution in [3.05, 3.63) is 63.8 Å². The van der Waals surface area contributed by atoms with Crippen molar-refractivity contribution >= 4 is 33.9 Å². The van der Waals surface area contributed by atoms with Gasteiger partial charge in [-0.2, -0.15) is 0 Å². The number of benzene rings is 1. The van der Waals surface area contributed by atoms with Crippen molar-refractivity contribution in [2.75, 3.05) is 0 Å². The summed E-state index contributed by atoms with van der Waals surface area (Å²) in [5, 5.41) is 0. The lowest BCUT2D eigenvalue weighted by atomic mass is 10.1. The molecular formula is C17H16BrNO2. The van der Waals surface area contributed by atoms with Crippen LogP contribution in [0.1, 0.15) is 36.2 Å². The third-order valence-corrected chi connectivity index (χ3v) is 3.43. The van der Waals surface area contributed by atoms with E-state index in [1.807, 2.05) is 44.2 Å². The molecule has 2 aliphatic rings. The molecule has 0 amide bonds. The van der Waals surface area contributed by atoms with Gasteiger partial charge in [0.15, 0.2) is 0 Å². The predicted octanol–water partition coefficient (Wildman–Crippen LogP) is 4.86. The number of hydrogen-bond acceptors (Lipinski definition) is 3. The number of cyclic esters (lactones) is 1. The first kappa shape index (κ1) is 15.4. The number of aliphatic imine (C=N–C) groups is 1. The van der Waals surface area contributed by atoms with Crippen molar-refractivity contribution in [2.24, 2.45) is 4.99 Å². The number of carbonyl (C=O) groups excluding carboxylic acids is 1. The van der Waals surface area contributed by atoms with E-state index in [4.69, 9.17) is 4.74 Å². The third-order valence-electron chi connectivity index (χ3n) is 2.90. The van der Waals surface area contributed by atoms with E-state index in [1.54, 1.807) is 18.5 Å². The molecule has 0 radical (unpaired) electrons. The Morgan fingerprint density at radius 1 is 1.24 bits per heavy atom. The fourth-order valence-electron chi connectivity index (χ4n) is 1.98. The minimum Gasteiger partial charge on any atom is -0.422 e. The monoisotopic (exact) mass is 345 g/mol. The first-order chi connectivity index (χ1) is 10.2. The Morgan fingerprint density at radius 2 is 1.95 bits per heavy atom. The molecule has 0 saturated carbocycles. The van der Waals surface area contributed by atoms with Crippen molar-refractivity contribution in [2.45, 2.75) is 20.3 Å². The second-order valence-electron chi connectivity index (χ2n) is 4.22. The summed E-state index contributed by atoms with van der Waals surface area (Å²) in [6.07, 6.45) is 8.13. The summed E-state index contributed by atoms with van der Waals surface area (Å²) in [6, 6.07) is 7.38. The maximum absolute atomic E-state index is 11.7. The fraction of sp³-hybridized carbons (Fsp3) is 0.176. The van der Waals surface area contributed by atoms with Crippen molar-refractivity contribution in [1.82, 2.24) is 0 Å². The van der Waals surface area contributed by atoms with Crippen LogP contribution in [0.15, 0.2) is 57.7 Å². The van der Waals surface area contributed by atoms with Crippen LogP contribution in [0.25, 0.3) is 5.76 Å². The molecule has 3 nitrogen and oxygen atoms in total. The SMILES string of the molecule is CC.O=C1O/C(=C\C2=CN=CC(Br)=CC2)c2ccccc21. The van der Waals surface area contributed by atoms with Gasteiger partial charge in [0.1, 0.15) is 5.76 Å². The van der Waals surface area contributed by atoms with Gasteiger partial charge in [-0.15, -0.1) is 0 Å². The normalized spacial score (nSPS) is 18.0. The van der Waals surface area contributed by atoms with E-state index in [9.17, 15) is 4.79 Å². The highest BCUT2D eigenvalue weighted by Crippen LogP contribution is 2.31. The quantitative estimate of drug-likeness (QED) is 0.681. The first-order valence-electron chi connectivity index (χ1n) is 6.85. The molecule has 0 bridgehead atoms. The summed E-state index contributed by atoms with van der Waals surface area (Å²) in [4.78, 5) is 15.9. The van der Waals surface area contributed by atoms with E-state index in [1.165, 1.54) is 0 Å². The third kappa shape index (κ3) is 3.58. The zero-order valence-corrected chi connectivity index (χ0v) is 13.6. The second kappa shape index (κ2) is 7.18. The largest absolute Gasteiger partial charge is 0.422 e. The van der Waals surface area contributed by atoms with Crippen LogP contribution in [-0.2, 0) is 4.74 Å². The first-order valence-corrected chi connectivity index (χ1v) is 7.64. The van der Waals surface area contributed by atoms with Crippen LogP contribution in [-0.4, -0.2) is 12.2 Å². The Balaban J connectivity index is 0.000000774. The number of halogens is 1. The van der Waals surface area contributed by atoms with Gasteiger partial charge in [0.2, 0.25) is 0 Å². The molecule has 2 heterocycles. The molecule has 0 spiro atoms. The van der Waals surface area contributed by atoms with Gasteiger partial charge < -0.3 is 4.74 Å². The standard InChI is InChI=1S/C15H10BrNO2.C2H6/c16-11-6-5-10(8-17-9-11)7-14-12-3-1-2-4-13(12)15(18)19-14;1-2/h1-4,6-9H,5H2;1-2H3/b14-7-;. The number of esters is 1. The molecule has 0 unspecified atom stereocenters. The zero-order valence-electron chi connectivity index (χ0n) is 12.0. The van der Waals surface area contributed by atoms with Gasteiger partial charge in [0, 0.05) is 22.5 Å². The van der Waals surface area contributed by atoms with Gasteiger partial charge >= 0.3 is 5.97 Å². The van der Waals surface area contributed by atoms with Crippen LogP contribution in [0.5, 0.6) is 0 Å². The molecule has 0 saturated heterocycles. The lowest BCUT2D eigenvalue weighted by molar-refractivity contribution is 0.0715. The van der Waals surface area contributed by atoms with Crippen LogP contribution >= 0.6 is 15.9 Å². The molecule has 0 aromatic heterocycles. The van der Waals surface area contributed by atoms with Crippen LogP contribution in [0.3, 0.4) is 0 Å². The maximum Gasteiger partial charge on any atom is 0.344 e. The summed E-state index contributed by atoms with van der Waals surface area (Å²) in [5.74, 6) is 0.296. The fourth-order valence-corrected chi connectivity index (χ4v) is 2.26. The average Bonchev–Trinajstić information content (AvgIpc) is 2.69. The van der Waals surface area contributed by atoms with Crippen LogP contribution in [0.4, 0.5) is 0 Å². The van der Waals surface area contributed by atoms with Gasteiger partial charge in [-0.25, -0.2) is 4.79 Å². The Labute approximate surface area is 132 Å². The summed E-state index contributed by atoms with van der Waals surface area (Å²) in [6.45, 7) is 4.00. The van der Waals surface area contributed by atoms with E-state index < -0.39 is 0 Å². The van der Waals surface area contributed by atoms with E-state index in [-0.39, 0.29) is 5.97 Å². The lowest BCUT2D eigenvalue weighted by Gasteiger charge is -2.00. The molecule has 108 valence electrons. The predicted molar refractivity (Wildman–Crippen MR) is 89.4 cm³/mol. The molecule has 1 aromatic rings. The van der Waals surface area contributed by atoms with Gasteiger partial charge in [-0.3, -0.25) is 4.99 Å². The molecule has 1 aromatic carbocycles. The summed E-state index contributed by atoms with van der Waals surface area (Å²) < 4.78 is 6.24. The van der Waals surface area contributed by atoms with Gasteiger partial charge in [0.05, 0.1) is 5.56 Å². The number of ether oxygens (including phenoxy) is 1. The highest BCUT2D eigenvalue weighted by Gasteiger charge is 2.25. The number of nitrogens with zero attached hydrogens (tertiary/aromatic N) is 1. The lowest BCUT2D eigenvalue weighted by Crippen LogP contribution is -1.92. The topological polar surface area (TPSA) is 38.7 Å². The maximum atomic E-state index is 11.7. The molecule has 2 aliphatic heterocycles. The highest BCUT2D eigenvalue weighted by atomic mass is 79.9. The van der Waals surface area contributed by atoms with E-state index in [2.05, 4.69) is 20.9 Å². The minimum atomic E-state index is -0.295. The van der Waals surface area contributed by atoms with Gasteiger partial charge in [0.25, 0.3) is 0 Å². The summed E-state index contributed by atoms with van der Waals surface area (Å²) >= 11 is 3.39. The van der Waals surface area contributed by atoms with E-state index in [0.29, 0.717) is 11.3 Å². The van der Waals surface area contributed by atoms with E-state index >= 15 is 0 Å². The summed E-state index contributed by atoms with van der Waals surface area (Å²) in [7, 11) is 0. The molecular weight excluding hydrogens is 330 g/mol. The number of rotatable bonds is 1. The number of carbonyl (C=O) groups is 1. The molecule has 3 rings (SSSR count). The van der Waals surface area contributed by atoms with Crippen molar-refractivity contribution in [3.63, 3.8) is 0 Å². The van der Waals surface area contributed by atoms with Gasteiger partial charge in [-0.05, 0) is 40.1 Å². The smallest absolute Gasteiger partial charge is 0.344 e. The average molecular weight is 346 g/mol. The van der Waals surface area contributed by atoms with Gasteiger partial charge in [-0.1, -0.05) is 38.1 Å². The highest BCUT2D eigenvalue weighted by molar-refractivity contribution is 9.12. The Hall–Kier alpha value is -1.94. The van der Waals surface area contributed by atoms with Crippen LogP contribution in [0, 0.1) is 0 Å². The zero-order chi connectivity index (χ0) is 15.2. The molecule has 0 atom stereocenters. The van der Waals surface area contributed by atoms with Crippen molar-refractivity contribution < 1.29 is 9.53 Å². The van der Waals surface area contributed by atoms with Crippen molar-refractivity contribution in [3.8, 4) is 0 Å². The molecule has 0 N–H and O–H groups in total. The minimum absolute atomic E-state index is 0.295. The summed E-state index contributed by atoms with van der Waals surface area (Å²) in [5.41, 5.74) is 2.44. The van der Waals surface area contributed by atoms with Crippen molar-refractivity contribution in [1.29, 1.82) is 0 Å². The number of fused-ring (bicyclic) bond motifs is 1. The van der Waals surface area contributed by atoms with Crippen LogP contribution in [0.2, 0.25) is 0 Å². The number of hydrogen-bond donors (Lipinski definition) is 0. The Kier molecular flexibility index (Phi) is 5.28. The molecule has 0 aliphatic carbocycles. The Bertz CT molecular complexity index is 666. The Morgan fingerprint density at radius 3 is 2.71 bits per heavy atom. The molecule has 0 fully saturated rings. The van der Waals surface area contributed by atoms with Crippen LogP contribution < -0.4 is 0 Å².